The van der Waals surface area contributed by atoms with Gasteiger partial charge in [-0.1, -0.05) is 30.3 Å². The first-order chi connectivity index (χ1) is 14.2. The van der Waals surface area contributed by atoms with E-state index in [1.54, 1.807) is 0 Å². The van der Waals surface area contributed by atoms with Gasteiger partial charge < -0.3 is 9.67 Å². The fourth-order valence-electron chi connectivity index (χ4n) is 5.13. The Kier molecular flexibility index (Phi) is 5.08. The Hall–Kier alpha value is -2.28. The van der Waals surface area contributed by atoms with Crippen LogP contribution in [0, 0.1) is 6.92 Å². The normalized spacial score (nSPS) is 24.5. The molecule has 2 aliphatic rings. The predicted octanol–water partition coefficient (Wildman–Crippen LogP) is 2.62. The van der Waals surface area contributed by atoms with Crippen molar-refractivity contribution in [3.05, 3.63) is 60.0 Å². The molecule has 0 bridgehead atoms. The third kappa shape index (κ3) is 3.68. The Morgan fingerprint density at radius 1 is 1.03 bits per heavy atom. The third-order valence-electron chi connectivity index (χ3n) is 6.54. The van der Waals surface area contributed by atoms with E-state index in [0.717, 1.165) is 62.6 Å². The maximum absolute atomic E-state index is 10.7. The molecule has 0 radical (unpaired) electrons. The maximum Gasteiger partial charge on any atom is 0.160 e. The highest BCUT2D eigenvalue weighted by atomic mass is 16.3. The van der Waals surface area contributed by atoms with Crippen LogP contribution in [-0.2, 0) is 6.54 Å². The molecule has 6 heteroatoms. The van der Waals surface area contributed by atoms with Crippen LogP contribution in [0.15, 0.2) is 48.7 Å². The number of hydrogen-bond donors (Lipinski definition) is 1. The summed E-state index contributed by atoms with van der Waals surface area (Å²) >= 11 is 0. The molecule has 1 aromatic carbocycles. The van der Waals surface area contributed by atoms with Gasteiger partial charge in [-0.15, -0.1) is 0 Å². The summed E-state index contributed by atoms with van der Waals surface area (Å²) in [5, 5.41) is 10.7. The van der Waals surface area contributed by atoms with Gasteiger partial charge in [-0.25, -0.2) is 9.97 Å². The van der Waals surface area contributed by atoms with Crippen LogP contribution in [0.1, 0.15) is 30.3 Å². The number of nitrogens with zero attached hydrogens (tertiary/aromatic N) is 5. The van der Waals surface area contributed by atoms with Crippen LogP contribution in [0.4, 0.5) is 0 Å². The lowest BCUT2D eigenvalue weighted by molar-refractivity contribution is 0.0603. The molecule has 1 N–H and O–H groups in total. The lowest BCUT2D eigenvalue weighted by Crippen LogP contribution is -2.47. The molecule has 6 nitrogen and oxygen atoms in total. The van der Waals surface area contributed by atoms with Gasteiger partial charge in [0.1, 0.15) is 11.3 Å². The second-order valence-electron chi connectivity index (χ2n) is 8.46. The molecular weight excluding hydrogens is 362 g/mol. The number of fused-ring (bicyclic) bond motifs is 1. The Labute approximate surface area is 171 Å². The Morgan fingerprint density at radius 3 is 2.62 bits per heavy atom. The van der Waals surface area contributed by atoms with E-state index in [0.29, 0.717) is 6.04 Å². The second-order valence-corrected chi connectivity index (χ2v) is 8.46. The van der Waals surface area contributed by atoms with Gasteiger partial charge in [-0.05, 0) is 37.5 Å². The summed E-state index contributed by atoms with van der Waals surface area (Å²) in [6.45, 7) is 6.71. The molecular formula is C23H29N5O. The van der Waals surface area contributed by atoms with Crippen LogP contribution in [0.2, 0.25) is 0 Å². The van der Waals surface area contributed by atoms with Crippen LogP contribution in [-0.4, -0.2) is 67.8 Å². The number of hydrogen-bond acceptors (Lipinski definition) is 5. The fourth-order valence-corrected chi connectivity index (χ4v) is 5.13. The average molecular weight is 392 g/mol. The molecule has 0 aliphatic carbocycles. The molecule has 0 amide bonds. The molecule has 2 atom stereocenters. The molecule has 0 spiro atoms. The highest BCUT2D eigenvalue weighted by Crippen LogP contribution is 2.30. The third-order valence-corrected chi connectivity index (χ3v) is 6.54. The average Bonchev–Trinajstić information content (AvgIpc) is 3.27. The summed E-state index contributed by atoms with van der Waals surface area (Å²) in [6.07, 6.45) is 3.73. The minimum atomic E-state index is -0.271. The van der Waals surface area contributed by atoms with Crippen molar-refractivity contribution >= 4 is 11.2 Å². The summed E-state index contributed by atoms with van der Waals surface area (Å²) in [7, 11) is 0. The predicted molar refractivity (Wildman–Crippen MR) is 114 cm³/mol. The molecule has 2 aromatic heterocycles. The number of piperidine rings is 1. The zero-order valence-corrected chi connectivity index (χ0v) is 17.0. The first-order valence-corrected chi connectivity index (χ1v) is 10.7. The van der Waals surface area contributed by atoms with E-state index in [1.807, 2.05) is 18.3 Å². The van der Waals surface area contributed by atoms with Gasteiger partial charge in [0, 0.05) is 51.0 Å². The topological polar surface area (TPSA) is 57.4 Å². The Balaban J connectivity index is 1.23. The summed E-state index contributed by atoms with van der Waals surface area (Å²) in [5.41, 5.74) is 3.29. The van der Waals surface area contributed by atoms with Gasteiger partial charge in [-0.3, -0.25) is 9.80 Å². The fraction of sp³-hybridized carbons (Fsp3) is 0.478. The number of aliphatic hydroxyl groups excluding tert-OH is 1. The molecule has 29 heavy (non-hydrogen) atoms. The van der Waals surface area contributed by atoms with Crippen molar-refractivity contribution in [1.29, 1.82) is 0 Å². The van der Waals surface area contributed by atoms with Crippen LogP contribution in [0.3, 0.4) is 0 Å². The van der Waals surface area contributed by atoms with Crippen LogP contribution in [0.5, 0.6) is 0 Å². The number of rotatable bonds is 4. The van der Waals surface area contributed by atoms with Crippen molar-refractivity contribution in [1.82, 2.24) is 24.3 Å². The van der Waals surface area contributed by atoms with E-state index in [9.17, 15) is 5.11 Å². The van der Waals surface area contributed by atoms with Gasteiger partial charge in [0.15, 0.2) is 5.65 Å². The molecule has 152 valence electrons. The first-order valence-electron chi connectivity index (χ1n) is 10.7. The maximum atomic E-state index is 10.7. The van der Waals surface area contributed by atoms with Gasteiger partial charge >= 0.3 is 0 Å². The van der Waals surface area contributed by atoms with Crippen molar-refractivity contribution in [2.24, 2.45) is 0 Å². The van der Waals surface area contributed by atoms with Crippen LogP contribution < -0.4 is 0 Å². The summed E-state index contributed by atoms with van der Waals surface area (Å²) < 4.78 is 2.32. The minimum Gasteiger partial charge on any atom is -0.390 e. The highest BCUT2D eigenvalue weighted by Gasteiger charge is 2.37. The number of aliphatic hydroxyl groups is 1. The van der Waals surface area contributed by atoms with Gasteiger partial charge in [-0.2, -0.15) is 0 Å². The zero-order chi connectivity index (χ0) is 19.8. The number of likely N-dealkylation sites (tertiary alicyclic amines) is 2. The van der Waals surface area contributed by atoms with Crippen molar-refractivity contribution < 1.29 is 5.11 Å². The van der Waals surface area contributed by atoms with Crippen molar-refractivity contribution in [2.45, 2.75) is 44.5 Å². The highest BCUT2D eigenvalue weighted by molar-refractivity contribution is 5.71. The lowest BCUT2D eigenvalue weighted by Gasteiger charge is -2.37. The Morgan fingerprint density at radius 2 is 1.83 bits per heavy atom. The van der Waals surface area contributed by atoms with Crippen molar-refractivity contribution in [2.75, 3.05) is 26.2 Å². The molecule has 0 saturated carbocycles. The van der Waals surface area contributed by atoms with Gasteiger partial charge in [0.2, 0.25) is 0 Å². The Bertz CT molecular complexity index is 964. The number of aromatic nitrogens is 3. The van der Waals surface area contributed by atoms with Gasteiger partial charge in [0.05, 0.1) is 6.10 Å². The van der Waals surface area contributed by atoms with Crippen molar-refractivity contribution in [3.8, 4) is 0 Å². The van der Waals surface area contributed by atoms with E-state index >= 15 is 0 Å². The molecule has 2 fully saturated rings. The smallest absolute Gasteiger partial charge is 0.160 e. The number of β-amino-alcohol motifs (C(OH)–C–C–N with tert-alkyl or cyclic N) is 1. The molecule has 2 aliphatic heterocycles. The largest absolute Gasteiger partial charge is 0.390 e. The van der Waals surface area contributed by atoms with E-state index < -0.39 is 0 Å². The summed E-state index contributed by atoms with van der Waals surface area (Å²) in [4.78, 5) is 14.1. The minimum absolute atomic E-state index is 0.235. The monoisotopic (exact) mass is 391 g/mol. The molecule has 2 saturated heterocycles. The number of benzene rings is 1. The van der Waals surface area contributed by atoms with Crippen LogP contribution >= 0.6 is 0 Å². The zero-order valence-electron chi connectivity index (χ0n) is 17.0. The van der Waals surface area contributed by atoms with E-state index in [-0.39, 0.29) is 12.1 Å². The molecule has 5 rings (SSSR count). The molecule has 0 unspecified atom stereocenters. The first kappa shape index (κ1) is 18.7. The van der Waals surface area contributed by atoms with E-state index in [2.05, 4.69) is 61.6 Å². The number of imidazole rings is 1. The summed E-state index contributed by atoms with van der Waals surface area (Å²) in [5.74, 6) is 1.05. The standard InChI is InChI=1S/C23H29N5O/c1-17-25-20-8-5-11-24-23(20)28(17)19-9-12-27(13-10-19)21-15-26(16-22(21)29)14-18-6-3-2-4-7-18/h2-8,11,19,21-22,29H,9-10,12-16H2,1H3/t21-,22-/m1/s1. The lowest BCUT2D eigenvalue weighted by atomic mass is 10.0. The van der Waals surface area contributed by atoms with Crippen LogP contribution in [0.25, 0.3) is 11.2 Å². The molecule has 4 heterocycles. The van der Waals surface area contributed by atoms with Crippen molar-refractivity contribution in [3.63, 3.8) is 0 Å². The van der Waals surface area contributed by atoms with E-state index in [4.69, 9.17) is 0 Å². The van der Waals surface area contributed by atoms with E-state index in [1.165, 1.54) is 5.56 Å². The number of pyridine rings is 1. The quantitative estimate of drug-likeness (QED) is 0.741. The molecule has 3 aromatic rings. The second kappa shape index (κ2) is 7.86. The SMILES string of the molecule is Cc1nc2cccnc2n1C1CCN([C@@H]2CN(Cc3ccccc3)C[C@H]2O)CC1. The van der Waals surface area contributed by atoms with Gasteiger partial charge in [0.25, 0.3) is 0 Å². The summed E-state index contributed by atoms with van der Waals surface area (Å²) in [6, 6.07) is 15.2. The number of aryl methyl sites for hydroxylation is 1.